The monoisotopic (exact) mass is 459 g/mol. The van der Waals surface area contributed by atoms with Gasteiger partial charge in [-0.2, -0.15) is 13.2 Å². The van der Waals surface area contributed by atoms with Gasteiger partial charge in [-0.05, 0) is 25.0 Å². The van der Waals surface area contributed by atoms with Crippen LogP contribution in [0.1, 0.15) is 28.2 Å². The number of carboxylic acid groups (broad SMARTS) is 1. The van der Waals surface area contributed by atoms with Gasteiger partial charge in [-0.3, -0.25) is 9.78 Å². The van der Waals surface area contributed by atoms with Crippen LogP contribution in [-0.2, 0) is 16.1 Å². The first-order valence-electron chi connectivity index (χ1n) is 9.25. The lowest BCUT2D eigenvalue weighted by Crippen LogP contribution is -2.60. The number of carbonyl (C=O) groups excluding carboxylic acids is 1. The molecule has 4 rings (SSSR count). The zero-order valence-corrected chi connectivity index (χ0v) is 17.3. The van der Waals surface area contributed by atoms with Crippen molar-refractivity contribution in [3.63, 3.8) is 0 Å². The summed E-state index contributed by atoms with van der Waals surface area (Å²) in [7, 11) is 0. The Bertz CT molecular complexity index is 916. The Morgan fingerprint density at radius 3 is 2.68 bits per heavy atom. The highest BCUT2D eigenvalue weighted by molar-refractivity contribution is 8.01. The number of carboxylic acids is 1. The molecule has 0 aliphatic carbocycles. The minimum absolute atomic E-state index is 0.0680. The summed E-state index contributed by atoms with van der Waals surface area (Å²) >= 11 is 1.92. The summed E-state index contributed by atoms with van der Waals surface area (Å²) in [4.78, 5) is 27.1. The molecule has 1 unspecified atom stereocenters. The van der Waals surface area contributed by atoms with Crippen LogP contribution in [0.2, 0.25) is 0 Å². The topological polar surface area (TPSA) is 106 Å². The molecule has 1 N–H and O–H groups in total. The fraction of sp³-hybridized carbons (Fsp3) is 0.474. The van der Waals surface area contributed by atoms with Crippen LogP contribution in [0.4, 0.5) is 13.2 Å². The van der Waals surface area contributed by atoms with Crippen molar-refractivity contribution in [3.8, 4) is 0 Å². The number of likely N-dealkylation sites (tertiary alicyclic amines) is 1. The molecule has 0 saturated carbocycles. The van der Waals surface area contributed by atoms with Crippen molar-refractivity contribution in [3.05, 3.63) is 47.6 Å². The number of alkyl halides is 3. The molecule has 1 spiro atoms. The van der Waals surface area contributed by atoms with E-state index in [1.54, 1.807) is 12.3 Å². The molecule has 0 bridgehead atoms. The molecule has 12 heteroatoms. The first kappa shape index (κ1) is 23.1. The lowest BCUT2D eigenvalue weighted by atomic mass is 9.92. The molecular formula is C19H20F3N3O5S. The number of nitrogens with zero attached hydrogens (tertiary/aromatic N) is 3. The van der Waals surface area contributed by atoms with Gasteiger partial charge in [0.05, 0.1) is 23.2 Å². The van der Waals surface area contributed by atoms with Crippen molar-refractivity contribution in [1.29, 1.82) is 0 Å². The summed E-state index contributed by atoms with van der Waals surface area (Å²) in [6.45, 7) is 3.91. The van der Waals surface area contributed by atoms with E-state index in [4.69, 9.17) is 19.2 Å². The third-order valence-corrected chi connectivity index (χ3v) is 6.29. The number of carbonyl (C=O) groups is 2. The SMILES string of the molecule is Cc1cc(C(=O)N2CC3(CC(OCc4cccnc4)CS3)C2)on1.O=C(O)C(F)(F)F. The van der Waals surface area contributed by atoms with E-state index < -0.39 is 12.1 Å². The maximum atomic E-state index is 12.3. The van der Waals surface area contributed by atoms with E-state index >= 15 is 0 Å². The van der Waals surface area contributed by atoms with Crippen LogP contribution in [0.3, 0.4) is 0 Å². The van der Waals surface area contributed by atoms with Crippen molar-refractivity contribution in [2.24, 2.45) is 0 Å². The minimum Gasteiger partial charge on any atom is -0.475 e. The van der Waals surface area contributed by atoms with E-state index in [1.165, 1.54) is 0 Å². The molecule has 2 aromatic rings. The second-order valence-corrected chi connectivity index (χ2v) is 8.78. The largest absolute Gasteiger partial charge is 0.490 e. The van der Waals surface area contributed by atoms with Crippen LogP contribution < -0.4 is 0 Å². The maximum Gasteiger partial charge on any atom is 0.490 e. The van der Waals surface area contributed by atoms with Crippen molar-refractivity contribution >= 4 is 23.6 Å². The molecule has 2 aliphatic rings. The Morgan fingerprint density at radius 1 is 1.42 bits per heavy atom. The van der Waals surface area contributed by atoms with Crippen LogP contribution in [0, 0.1) is 6.92 Å². The van der Waals surface area contributed by atoms with E-state index in [-0.39, 0.29) is 16.8 Å². The molecule has 2 saturated heterocycles. The fourth-order valence-electron chi connectivity index (χ4n) is 3.24. The number of halogens is 3. The molecular weight excluding hydrogens is 439 g/mol. The zero-order chi connectivity index (χ0) is 22.6. The number of thioether (sulfide) groups is 1. The first-order valence-corrected chi connectivity index (χ1v) is 10.2. The molecule has 1 atom stereocenters. The van der Waals surface area contributed by atoms with Gasteiger partial charge in [-0.1, -0.05) is 11.2 Å². The summed E-state index contributed by atoms with van der Waals surface area (Å²) in [6.07, 6.45) is -0.266. The number of ether oxygens (including phenoxy) is 1. The summed E-state index contributed by atoms with van der Waals surface area (Å²) < 4.78 is 43.0. The highest BCUT2D eigenvalue weighted by Gasteiger charge is 2.51. The van der Waals surface area contributed by atoms with Gasteiger partial charge in [0, 0.05) is 37.3 Å². The van der Waals surface area contributed by atoms with Crippen LogP contribution in [0.25, 0.3) is 0 Å². The Hall–Kier alpha value is -2.60. The molecule has 0 aromatic carbocycles. The molecule has 168 valence electrons. The predicted octanol–water partition coefficient (Wildman–Crippen LogP) is 2.93. The Kier molecular flexibility index (Phi) is 6.90. The standard InChI is InChI=1S/C17H19N3O3S.C2HF3O2/c1-12-5-15(23-19-12)16(21)20-10-17(11-20)6-14(9-24-17)22-8-13-3-2-4-18-7-13;3-2(4,5)1(6)7/h2-5,7,14H,6,8-11H2,1H3;(H,6,7). The predicted molar refractivity (Wildman–Crippen MR) is 103 cm³/mol. The van der Waals surface area contributed by atoms with Crippen molar-refractivity contribution in [1.82, 2.24) is 15.0 Å². The van der Waals surface area contributed by atoms with Gasteiger partial charge in [0.25, 0.3) is 5.91 Å². The average molecular weight is 459 g/mol. The number of hydrogen-bond donors (Lipinski definition) is 1. The lowest BCUT2D eigenvalue weighted by Gasteiger charge is -2.47. The molecule has 4 heterocycles. The quantitative estimate of drug-likeness (QED) is 0.744. The minimum atomic E-state index is -5.08. The molecule has 0 radical (unpaired) electrons. The summed E-state index contributed by atoms with van der Waals surface area (Å²) in [5.41, 5.74) is 1.82. The van der Waals surface area contributed by atoms with E-state index in [1.807, 2.05) is 41.9 Å². The molecule has 2 fully saturated rings. The Balaban J connectivity index is 0.000000339. The third kappa shape index (κ3) is 5.97. The zero-order valence-electron chi connectivity index (χ0n) is 16.5. The lowest BCUT2D eigenvalue weighted by molar-refractivity contribution is -0.192. The van der Waals surface area contributed by atoms with Gasteiger partial charge < -0.3 is 19.3 Å². The summed E-state index contributed by atoms with van der Waals surface area (Å²) in [6, 6.07) is 5.63. The highest BCUT2D eigenvalue weighted by atomic mass is 32.2. The van der Waals surface area contributed by atoms with E-state index in [9.17, 15) is 18.0 Å². The molecule has 2 aromatic heterocycles. The van der Waals surface area contributed by atoms with E-state index in [2.05, 4.69) is 10.1 Å². The summed E-state index contributed by atoms with van der Waals surface area (Å²) in [5, 5.41) is 10.9. The van der Waals surface area contributed by atoms with Gasteiger partial charge in [-0.25, -0.2) is 4.79 Å². The number of aryl methyl sites for hydroxylation is 1. The fourth-order valence-corrected chi connectivity index (χ4v) is 4.79. The number of amides is 1. The number of hydrogen-bond acceptors (Lipinski definition) is 7. The molecule has 1 amide bonds. The molecule has 2 aliphatic heterocycles. The van der Waals surface area contributed by atoms with Crippen LogP contribution >= 0.6 is 11.8 Å². The summed E-state index contributed by atoms with van der Waals surface area (Å²) in [5.74, 6) is -1.52. The average Bonchev–Trinajstić information content (AvgIpc) is 3.32. The Morgan fingerprint density at radius 2 is 2.13 bits per heavy atom. The van der Waals surface area contributed by atoms with E-state index in [0.717, 1.165) is 36.5 Å². The van der Waals surface area contributed by atoms with E-state index in [0.29, 0.717) is 12.4 Å². The van der Waals surface area contributed by atoms with Gasteiger partial charge in [0.1, 0.15) is 0 Å². The van der Waals surface area contributed by atoms with Crippen molar-refractivity contribution in [2.75, 3.05) is 18.8 Å². The maximum absolute atomic E-state index is 12.3. The van der Waals surface area contributed by atoms with Crippen molar-refractivity contribution in [2.45, 2.75) is 37.0 Å². The number of aliphatic carboxylic acids is 1. The van der Waals surface area contributed by atoms with Gasteiger partial charge in [0.15, 0.2) is 0 Å². The van der Waals surface area contributed by atoms with Crippen LogP contribution in [0.5, 0.6) is 0 Å². The smallest absolute Gasteiger partial charge is 0.475 e. The first-order chi connectivity index (χ1) is 14.6. The van der Waals surface area contributed by atoms with Gasteiger partial charge in [-0.15, -0.1) is 11.8 Å². The van der Waals surface area contributed by atoms with Crippen molar-refractivity contribution < 1.29 is 37.1 Å². The number of pyridine rings is 1. The molecule has 8 nitrogen and oxygen atoms in total. The normalized spacial score (nSPS) is 19.5. The van der Waals surface area contributed by atoms with Gasteiger partial charge in [0.2, 0.25) is 5.76 Å². The molecule has 31 heavy (non-hydrogen) atoms. The number of rotatable bonds is 4. The highest BCUT2D eigenvalue weighted by Crippen LogP contribution is 2.46. The Labute approximate surface area is 179 Å². The number of aromatic nitrogens is 2. The van der Waals surface area contributed by atoms with Crippen LogP contribution in [-0.4, -0.2) is 67.9 Å². The second-order valence-electron chi connectivity index (χ2n) is 7.29. The third-order valence-electron chi connectivity index (χ3n) is 4.71. The second kappa shape index (κ2) is 9.27. The van der Waals surface area contributed by atoms with Gasteiger partial charge >= 0.3 is 12.1 Å². The van der Waals surface area contributed by atoms with Crippen LogP contribution in [0.15, 0.2) is 35.1 Å².